The van der Waals surface area contributed by atoms with Gasteiger partial charge in [0.15, 0.2) is 0 Å². The number of fused-ring (bicyclic) bond motifs is 1. The molecule has 0 saturated heterocycles. The molecule has 0 bridgehead atoms. The Balaban J connectivity index is 2.14. The molecule has 1 aromatic heterocycles. The Bertz CT molecular complexity index is 404. The highest BCUT2D eigenvalue weighted by molar-refractivity contribution is 6.30. The second kappa shape index (κ2) is 4.20. The van der Waals surface area contributed by atoms with Crippen LogP contribution in [0.2, 0.25) is 5.15 Å². The van der Waals surface area contributed by atoms with Crippen molar-refractivity contribution in [1.29, 1.82) is 0 Å². The van der Waals surface area contributed by atoms with E-state index >= 15 is 0 Å². The molecule has 16 heavy (non-hydrogen) atoms. The van der Waals surface area contributed by atoms with Crippen molar-refractivity contribution in [3.05, 3.63) is 22.2 Å². The first-order valence-corrected chi connectivity index (χ1v) is 5.44. The molecular weight excluding hydrogens is 241 g/mol. The third-order valence-electron chi connectivity index (χ3n) is 2.56. The molecule has 0 radical (unpaired) electrons. The van der Waals surface area contributed by atoms with Crippen LogP contribution in [0, 0.1) is 0 Å². The molecule has 0 fully saturated rings. The van der Waals surface area contributed by atoms with Gasteiger partial charge in [-0.3, -0.25) is 0 Å². The molecule has 0 aliphatic heterocycles. The minimum absolute atomic E-state index is 0.197. The zero-order valence-corrected chi connectivity index (χ0v) is 9.20. The summed E-state index contributed by atoms with van der Waals surface area (Å²) >= 11 is 5.89. The maximum absolute atomic E-state index is 12.0. The predicted octanol–water partition coefficient (Wildman–Crippen LogP) is 3.11. The molecule has 0 aromatic carbocycles. The van der Waals surface area contributed by atoms with Gasteiger partial charge in [0.25, 0.3) is 0 Å². The van der Waals surface area contributed by atoms with Gasteiger partial charge in [0.1, 0.15) is 11.0 Å². The van der Waals surface area contributed by atoms with Gasteiger partial charge in [0.2, 0.25) is 0 Å². The number of aromatic nitrogens is 2. The lowest BCUT2D eigenvalue weighted by Gasteiger charge is -2.07. The Hall–Kier alpha value is -0.840. The van der Waals surface area contributed by atoms with Crippen molar-refractivity contribution in [2.24, 2.45) is 0 Å². The highest BCUT2D eigenvalue weighted by Gasteiger charge is 2.27. The highest BCUT2D eigenvalue weighted by atomic mass is 35.5. The van der Waals surface area contributed by atoms with Crippen molar-refractivity contribution >= 4 is 11.6 Å². The minimum atomic E-state index is -4.17. The Morgan fingerprint density at radius 1 is 1.19 bits per heavy atom. The molecule has 2 nitrogen and oxygen atoms in total. The average Bonchev–Trinajstić information content (AvgIpc) is 2.62. The van der Waals surface area contributed by atoms with E-state index in [1.807, 2.05) is 0 Å². The smallest absolute Gasteiger partial charge is 0.238 e. The standard InChI is InChI=1S/C10H10ClF3N2/c11-9-6-2-1-3-7(6)15-8(16-9)4-5-10(12,13)14/h1-5H2. The van der Waals surface area contributed by atoms with E-state index in [0.29, 0.717) is 5.15 Å². The number of aryl methyl sites for hydroxylation is 2. The van der Waals surface area contributed by atoms with E-state index in [1.165, 1.54) is 0 Å². The quantitative estimate of drug-likeness (QED) is 0.754. The van der Waals surface area contributed by atoms with Gasteiger partial charge in [-0.2, -0.15) is 13.2 Å². The molecule has 1 aliphatic carbocycles. The summed E-state index contributed by atoms with van der Waals surface area (Å²) in [5, 5.41) is 0.319. The predicted molar refractivity (Wildman–Crippen MR) is 53.4 cm³/mol. The summed E-state index contributed by atoms with van der Waals surface area (Å²) in [6.07, 6.45) is -2.70. The zero-order valence-electron chi connectivity index (χ0n) is 8.44. The van der Waals surface area contributed by atoms with E-state index in [-0.39, 0.29) is 12.2 Å². The number of alkyl halides is 3. The van der Waals surface area contributed by atoms with Crippen LogP contribution in [0.1, 0.15) is 29.9 Å². The van der Waals surface area contributed by atoms with Gasteiger partial charge in [-0.1, -0.05) is 11.6 Å². The number of hydrogen-bond acceptors (Lipinski definition) is 2. The molecular formula is C10H10ClF3N2. The van der Waals surface area contributed by atoms with Crippen LogP contribution in [0.25, 0.3) is 0 Å². The summed E-state index contributed by atoms with van der Waals surface area (Å²) in [6, 6.07) is 0. The Morgan fingerprint density at radius 2 is 1.94 bits per heavy atom. The van der Waals surface area contributed by atoms with Gasteiger partial charge in [-0.15, -0.1) is 0 Å². The van der Waals surface area contributed by atoms with Crippen LogP contribution in [0.5, 0.6) is 0 Å². The molecule has 2 rings (SSSR count). The maximum atomic E-state index is 12.0. The van der Waals surface area contributed by atoms with E-state index in [1.54, 1.807) is 0 Å². The molecule has 1 aromatic rings. The summed E-state index contributed by atoms with van der Waals surface area (Å²) in [5.41, 5.74) is 1.72. The van der Waals surface area contributed by atoms with Crippen LogP contribution in [0.4, 0.5) is 13.2 Å². The summed E-state index contributed by atoms with van der Waals surface area (Å²) in [4.78, 5) is 8.02. The van der Waals surface area contributed by atoms with Gasteiger partial charge in [0, 0.05) is 17.7 Å². The van der Waals surface area contributed by atoms with E-state index in [4.69, 9.17) is 11.6 Å². The first-order valence-electron chi connectivity index (χ1n) is 5.06. The van der Waals surface area contributed by atoms with Crippen molar-refractivity contribution in [3.63, 3.8) is 0 Å². The molecule has 1 aliphatic rings. The third-order valence-corrected chi connectivity index (χ3v) is 2.87. The largest absolute Gasteiger partial charge is 0.389 e. The van der Waals surface area contributed by atoms with Gasteiger partial charge in [-0.05, 0) is 19.3 Å². The average molecular weight is 251 g/mol. The van der Waals surface area contributed by atoms with Crippen molar-refractivity contribution in [2.45, 2.75) is 38.3 Å². The zero-order chi connectivity index (χ0) is 11.8. The van der Waals surface area contributed by atoms with Crippen LogP contribution in [0.3, 0.4) is 0 Å². The van der Waals surface area contributed by atoms with Gasteiger partial charge < -0.3 is 0 Å². The maximum Gasteiger partial charge on any atom is 0.389 e. The SMILES string of the molecule is FC(F)(F)CCc1nc(Cl)c2c(n1)CCC2. The van der Waals surface area contributed by atoms with Crippen LogP contribution in [-0.4, -0.2) is 16.1 Å². The first-order chi connectivity index (χ1) is 7.46. The second-order valence-electron chi connectivity index (χ2n) is 3.82. The van der Waals surface area contributed by atoms with E-state index < -0.39 is 12.6 Å². The molecule has 0 amide bonds. The fraction of sp³-hybridized carbons (Fsp3) is 0.600. The highest BCUT2D eigenvalue weighted by Crippen LogP contribution is 2.27. The van der Waals surface area contributed by atoms with Crippen LogP contribution in [-0.2, 0) is 19.3 Å². The van der Waals surface area contributed by atoms with Crippen molar-refractivity contribution in [2.75, 3.05) is 0 Å². The molecule has 0 saturated carbocycles. The van der Waals surface area contributed by atoms with E-state index in [2.05, 4.69) is 9.97 Å². The lowest BCUT2D eigenvalue weighted by atomic mass is 10.2. The molecule has 0 unspecified atom stereocenters. The normalized spacial score (nSPS) is 15.2. The molecule has 6 heteroatoms. The minimum Gasteiger partial charge on any atom is -0.238 e. The molecule has 0 spiro atoms. The van der Waals surface area contributed by atoms with Gasteiger partial charge >= 0.3 is 6.18 Å². The monoisotopic (exact) mass is 250 g/mol. The topological polar surface area (TPSA) is 25.8 Å². The molecule has 0 N–H and O–H groups in total. The number of halogens is 4. The number of hydrogen-bond donors (Lipinski definition) is 0. The Labute approximate surface area is 95.9 Å². The number of rotatable bonds is 2. The van der Waals surface area contributed by atoms with Crippen molar-refractivity contribution in [1.82, 2.24) is 9.97 Å². The third kappa shape index (κ3) is 2.64. The Morgan fingerprint density at radius 3 is 2.62 bits per heavy atom. The van der Waals surface area contributed by atoms with Crippen LogP contribution < -0.4 is 0 Å². The van der Waals surface area contributed by atoms with Crippen molar-refractivity contribution < 1.29 is 13.2 Å². The van der Waals surface area contributed by atoms with E-state index in [0.717, 1.165) is 30.5 Å². The fourth-order valence-electron chi connectivity index (χ4n) is 1.80. The lowest BCUT2D eigenvalue weighted by molar-refractivity contribution is -0.134. The Kier molecular flexibility index (Phi) is 3.06. The molecule has 88 valence electrons. The summed E-state index contributed by atoms with van der Waals surface area (Å²) in [6.45, 7) is 0. The summed E-state index contributed by atoms with van der Waals surface area (Å²) in [5.74, 6) is 0.197. The van der Waals surface area contributed by atoms with E-state index in [9.17, 15) is 13.2 Å². The van der Waals surface area contributed by atoms with Crippen LogP contribution in [0.15, 0.2) is 0 Å². The summed E-state index contributed by atoms with van der Waals surface area (Å²) < 4.78 is 36.1. The van der Waals surface area contributed by atoms with Gasteiger partial charge in [0.05, 0.1) is 6.42 Å². The molecule has 1 heterocycles. The second-order valence-corrected chi connectivity index (χ2v) is 4.18. The number of nitrogens with zero attached hydrogens (tertiary/aromatic N) is 2. The molecule has 0 atom stereocenters. The fourth-order valence-corrected chi connectivity index (χ4v) is 2.10. The van der Waals surface area contributed by atoms with Crippen LogP contribution >= 0.6 is 11.6 Å². The van der Waals surface area contributed by atoms with Gasteiger partial charge in [-0.25, -0.2) is 9.97 Å². The summed E-state index contributed by atoms with van der Waals surface area (Å²) in [7, 11) is 0. The van der Waals surface area contributed by atoms with Crippen molar-refractivity contribution in [3.8, 4) is 0 Å². The first kappa shape index (κ1) is 11.6. The lowest BCUT2D eigenvalue weighted by Crippen LogP contribution is -2.11.